The number of benzene rings is 1. The molecule has 0 radical (unpaired) electrons. The summed E-state index contributed by atoms with van der Waals surface area (Å²) in [6.45, 7) is 2.96. The molecule has 0 aliphatic carbocycles. The standard InChI is InChI=1S/C16H20ClN3S/c1-2-16(19-15(18)21)9-3-4-10-20(16)11-8-13-6-5-7-14(17)12-13/h3-7,9-10,12H,2,8,11H2,1H3,(H3,18,19,21). The van der Waals surface area contributed by atoms with E-state index < -0.39 is 0 Å². The molecule has 0 saturated carbocycles. The largest absolute Gasteiger partial charge is 0.376 e. The molecule has 2 rings (SSSR count). The molecular formula is C16H20ClN3S. The van der Waals surface area contributed by atoms with Gasteiger partial charge in [0.25, 0.3) is 0 Å². The summed E-state index contributed by atoms with van der Waals surface area (Å²) in [6.07, 6.45) is 9.97. The second-order valence-electron chi connectivity index (χ2n) is 5.04. The van der Waals surface area contributed by atoms with Crippen LogP contribution >= 0.6 is 23.8 Å². The van der Waals surface area contributed by atoms with E-state index in [0.29, 0.717) is 5.11 Å². The Morgan fingerprint density at radius 1 is 1.43 bits per heavy atom. The molecule has 0 amide bonds. The minimum absolute atomic E-state index is 0.310. The highest BCUT2D eigenvalue weighted by Gasteiger charge is 2.31. The Bertz CT molecular complexity index is 570. The van der Waals surface area contributed by atoms with Gasteiger partial charge in [-0.05, 0) is 54.9 Å². The van der Waals surface area contributed by atoms with Gasteiger partial charge in [-0.2, -0.15) is 0 Å². The number of thiocarbonyl (C=S) groups is 1. The summed E-state index contributed by atoms with van der Waals surface area (Å²) in [4.78, 5) is 2.23. The zero-order valence-corrected chi connectivity index (χ0v) is 13.6. The van der Waals surface area contributed by atoms with Crippen molar-refractivity contribution in [2.75, 3.05) is 6.54 Å². The second-order valence-corrected chi connectivity index (χ2v) is 5.92. The highest BCUT2D eigenvalue weighted by atomic mass is 35.5. The normalized spacial score (nSPS) is 20.6. The first-order chi connectivity index (χ1) is 10.1. The van der Waals surface area contributed by atoms with Crippen molar-refractivity contribution in [3.63, 3.8) is 0 Å². The third-order valence-corrected chi connectivity index (χ3v) is 4.01. The second kappa shape index (κ2) is 6.96. The summed E-state index contributed by atoms with van der Waals surface area (Å²) < 4.78 is 0. The van der Waals surface area contributed by atoms with Crippen LogP contribution in [0.3, 0.4) is 0 Å². The smallest absolute Gasteiger partial charge is 0.165 e. The van der Waals surface area contributed by atoms with E-state index in [4.69, 9.17) is 29.6 Å². The number of halogens is 1. The van der Waals surface area contributed by atoms with Crippen molar-refractivity contribution < 1.29 is 0 Å². The number of nitrogens with two attached hydrogens (primary N) is 1. The molecule has 1 aromatic rings. The minimum Gasteiger partial charge on any atom is -0.376 e. The van der Waals surface area contributed by atoms with E-state index >= 15 is 0 Å². The number of nitrogens with one attached hydrogen (secondary N) is 1. The lowest BCUT2D eigenvalue weighted by atomic mass is 10.0. The van der Waals surface area contributed by atoms with Crippen molar-refractivity contribution in [2.24, 2.45) is 5.73 Å². The number of rotatable bonds is 5. The molecule has 0 spiro atoms. The summed E-state index contributed by atoms with van der Waals surface area (Å²) in [5.74, 6) is 0. The summed E-state index contributed by atoms with van der Waals surface area (Å²) in [5, 5.41) is 4.29. The van der Waals surface area contributed by atoms with E-state index in [1.807, 2.05) is 30.4 Å². The molecule has 5 heteroatoms. The Morgan fingerprint density at radius 2 is 2.24 bits per heavy atom. The molecule has 3 N–H and O–H groups in total. The Balaban J connectivity index is 2.10. The maximum atomic E-state index is 6.03. The SMILES string of the molecule is CCC1(NC(N)=S)C=CC=CN1CCc1cccc(Cl)c1. The molecule has 1 aromatic carbocycles. The van der Waals surface area contributed by atoms with Crippen molar-refractivity contribution >= 4 is 28.9 Å². The summed E-state index contributed by atoms with van der Waals surface area (Å²) in [6, 6.07) is 7.95. The van der Waals surface area contributed by atoms with Crippen LogP contribution in [0.25, 0.3) is 0 Å². The third-order valence-electron chi connectivity index (χ3n) is 3.67. The van der Waals surface area contributed by atoms with Crippen molar-refractivity contribution in [3.8, 4) is 0 Å². The average molecular weight is 322 g/mol. The number of nitrogens with zero attached hydrogens (tertiary/aromatic N) is 1. The van der Waals surface area contributed by atoms with Crippen LogP contribution in [0.5, 0.6) is 0 Å². The van der Waals surface area contributed by atoms with Gasteiger partial charge in [0.15, 0.2) is 5.11 Å². The van der Waals surface area contributed by atoms with Crippen LogP contribution in [0.2, 0.25) is 5.02 Å². The first-order valence-electron chi connectivity index (χ1n) is 7.00. The predicted octanol–water partition coefficient (Wildman–Crippen LogP) is 3.21. The van der Waals surface area contributed by atoms with Crippen LogP contribution < -0.4 is 11.1 Å². The van der Waals surface area contributed by atoms with Gasteiger partial charge in [0.05, 0.1) is 0 Å². The van der Waals surface area contributed by atoms with Crippen LogP contribution in [0, 0.1) is 0 Å². The molecule has 1 aliphatic heterocycles. The van der Waals surface area contributed by atoms with Gasteiger partial charge in [-0.1, -0.05) is 36.7 Å². The molecule has 0 aromatic heterocycles. The van der Waals surface area contributed by atoms with Crippen LogP contribution in [0.15, 0.2) is 48.7 Å². The summed E-state index contributed by atoms with van der Waals surface area (Å²) in [7, 11) is 0. The fraction of sp³-hybridized carbons (Fsp3) is 0.312. The van der Waals surface area contributed by atoms with E-state index in [-0.39, 0.29) is 5.66 Å². The van der Waals surface area contributed by atoms with E-state index in [0.717, 1.165) is 24.4 Å². The fourth-order valence-electron chi connectivity index (χ4n) is 2.55. The van der Waals surface area contributed by atoms with Gasteiger partial charge in [-0.25, -0.2) is 0 Å². The first-order valence-corrected chi connectivity index (χ1v) is 7.79. The van der Waals surface area contributed by atoms with Gasteiger partial charge < -0.3 is 16.0 Å². The quantitative estimate of drug-likeness (QED) is 0.817. The molecule has 3 nitrogen and oxygen atoms in total. The number of hydrogen-bond donors (Lipinski definition) is 2. The predicted molar refractivity (Wildman–Crippen MR) is 93.1 cm³/mol. The molecule has 1 heterocycles. The van der Waals surface area contributed by atoms with E-state index in [1.54, 1.807) is 0 Å². The molecule has 21 heavy (non-hydrogen) atoms. The molecule has 1 atom stereocenters. The zero-order valence-electron chi connectivity index (χ0n) is 12.1. The zero-order chi connectivity index (χ0) is 15.3. The first kappa shape index (κ1) is 15.9. The van der Waals surface area contributed by atoms with E-state index in [1.165, 1.54) is 5.56 Å². The highest BCUT2D eigenvalue weighted by Crippen LogP contribution is 2.23. The molecule has 0 saturated heterocycles. The van der Waals surface area contributed by atoms with Crippen LogP contribution in [0.1, 0.15) is 18.9 Å². The molecule has 1 aliphatic rings. The van der Waals surface area contributed by atoms with Gasteiger partial charge in [-0.3, -0.25) is 0 Å². The summed E-state index contributed by atoms with van der Waals surface area (Å²) in [5.41, 5.74) is 6.56. The Kier molecular flexibility index (Phi) is 5.26. The lowest BCUT2D eigenvalue weighted by molar-refractivity contribution is 0.171. The highest BCUT2D eigenvalue weighted by molar-refractivity contribution is 7.80. The van der Waals surface area contributed by atoms with Gasteiger partial charge >= 0.3 is 0 Å². The van der Waals surface area contributed by atoms with Gasteiger partial charge in [0.1, 0.15) is 5.66 Å². The van der Waals surface area contributed by atoms with Crippen LogP contribution in [-0.4, -0.2) is 22.2 Å². The lowest BCUT2D eigenvalue weighted by Crippen LogP contribution is -2.59. The number of allylic oxidation sites excluding steroid dienone is 2. The van der Waals surface area contributed by atoms with Gasteiger partial charge in [0, 0.05) is 17.8 Å². The maximum Gasteiger partial charge on any atom is 0.165 e. The molecular weight excluding hydrogens is 302 g/mol. The average Bonchev–Trinajstić information content (AvgIpc) is 2.46. The molecule has 1 unspecified atom stereocenters. The van der Waals surface area contributed by atoms with Gasteiger partial charge in [0.2, 0.25) is 0 Å². The number of hydrogen-bond acceptors (Lipinski definition) is 2. The third kappa shape index (κ3) is 3.99. The minimum atomic E-state index is -0.348. The Labute approximate surface area is 136 Å². The monoisotopic (exact) mass is 321 g/mol. The van der Waals surface area contributed by atoms with Crippen LogP contribution in [-0.2, 0) is 6.42 Å². The maximum absolute atomic E-state index is 6.03. The lowest BCUT2D eigenvalue weighted by Gasteiger charge is -2.43. The topological polar surface area (TPSA) is 41.3 Å². The Hall–Kier alpha value is -1.52. The van der Waals surface area contributed by atoms with Crippen molar-refractivity contribution in [1.29, 1.82) is 0 Å². The van der Waals surface area contributed by atoms with Crippen molar-refractivity contribution in [3.05, 3.63) is 59.3 Å². The van der Waals surface area contributed by atoms with Crippen molar-refractivity contribution in [2.45, 2.75) is 25.4 Å². The fourth-order valence-corrected chi connectivity index (χ4v) is 2.94. The van der Waals surface area contributed by atoms with Crippen LogP contribution in [0.4, 0.5) is 0 Å². The van der Waals surface area contributed by atoms with Crippen molar-refractivity contribution in [1.82, 2.24) is 10.2 Å². The van der Waals surface area contributed by atoms with E-state index in [9.17, 15) is 0 Å². The van der Waals surface area contributed by atoms with E-state index in [2.05, 4.69) is 35.5 Å². The molecule has 112 valence electrons. The molecule has 0 bridgehead atoms. The summed E-state index contributed by atoms with van der Waals surface area (Å²) >= 11 is 11.1. The molecule has 0 fully saturated rings. The Morgan fingerprint density at radius 3 is 2.90 bits per heavy atom. The van der Waals surface area contributed by atoms with Gasteiger partial charge in [-0.15, -0.1) is 0 Å².